The van der Waals surface area contributed by atoms with Gasteiger partial charge in [0.2, 0.25) is 0 Å². The normalized spacial score (nSPS) is 10.6. The number of ether oxygens (including phenoxy) is 1. The number of pyridine rings is 1. The zero-order valence-corrected chi connectivity index (χ0v) is 10.5. The lowest BCUT2D eigenvalue weighted by Crippen LogP contribution is -2.39. The van der Waals surface area contributed by atoms with Crippen molar-refractivity contribution in [3.63, 3.8) is 0 Å². The van der Waals surface area contributed by atoms with Crippen LogP contribution < -0.4 is 5.73 Å². The van der Waals surface area contributed by atoms with Crippen LogP contribution in [0.3, 0.4) is 0 Å². The van der Waals surface area contributed by atoms with Crippen LogP contribution in [0.15, 0.2) is 18.3 Å². The largest absolute Gasteiger partial charge is 0.397 e. The molecule has 0 aliphatic carbocycles. The number of carbonyl (C=O) groups excluding carboxylic acids is 1. The van der Waals surface area contributed by atoms with Crippen LogP contribution in [0, 0.1) is 0 Å². The fraction of sp³-hybridized carbons (Fsp3) is 0.500. The first-order chi connectivity index (χ1) is 8.06. The molecular weight excluding hydrogens is 218 g/mol. The molecule has 0 saturated carbocycles. The molecule has 1 rings (SSSR count). The van der Waals surface area contributed by atoms with Gasteiger partial charge in [0.1, 0.15) is 5.69 Å². The third-order valence-electron chi connectivity index (χ3n) is 2.43. The van der Waals surface area contributed by atoms with E-state index in [2.05, 4.69) is 4.98 Å². The summed E-state index contributed by atoms with van der Waals surface area (Å²) in [5, 5.41) is 0. The molecule has 0 aliphatic rings. The smallest absolute Gasteiger partial charge is 0.272 e. The van der Waals surface area contributed by atoms with Crippen molar-refractivity contribution < 1.29 is 9.53 Å². The molecule has 2 N–H and O–H groups in total. The summed E-state index contributed by atoms with van der Waals surface area (Å²) in [4.78, 5) is 17.9. The highest BCUT2D eigenvalue weighted by Crippen LogP contribution is 2.08. The zero-order chi connectivity index (χ0) is 12.8. The maximum atomic E-state index is 12.2. The van der Waals surface area contributed by atoms with Crippen molar-refractivity contribution in [3.05, 3.63) is 24.0 Å². The average molecular weight is 237 g/mol. The van der Waals surface area contributed by atoms with Gasteiger partial charge in [-0.3, -0.25) is 4.79 Å². The van der Waals surface area contributed by atoms with E-state index in [4.69, 9.17) is 10.5 Å². The van der Waals surface area contributed by atoms with Crippen LogP contribution in [-0.2, 0) is 4.74 Å². The van der Waals surface area contributed by atoms with Crippen molar-refractivity contribution in [2.75, 3.05) is 26.0 Å². The molecule has 0 aromatic carbocycles. The Morgan fingerprint density at radius 1 is 1.53 bits per heavy atom. The molecule has 0 spiro atoms. The highest BCUT2D eigenvalue weighted by atomic mass is 16.5. The molecule has 0 unspecified atom stereocenters. The van der Waals surface area contributed by atoms with Gasteiger partial charge in [0.05, 0.1) is 18.5 Å². The molecule has 1 aromatic heterocycles. The van der Waals surface area contributed by atoms with E-state index in [-0.39, 0.29) is 11.9 Å². The number of hydrogen-bond donors (Lipinski definition) is 1. The van der Waals surface area contributed by atoms with Crippen LogP contribution in [0.5, 0.6) is 0 Å². The van der Waals surface area contributed by atoms with Crippen LogP contribution in [0.1, 0.15) is 24.3 Å². The first kappa shape index (κ1) is 13.4. The predicted molar refractivity (Wildman–Crippen MR) is 66.7 cm³/mol. The topological polar surface area (TPSA) is 68.5 Å². The molecule has 0 radical (unpaired) electrons. The maximum Gasteiger partial charge on any atom is 0.272 e. The SMILES string of the molecule is COCCN(C(=O)c1ccc(N)cn1)C(C)C. The molecule has 0 fully saturated rings. The maximum absolute atomic E-state index is 12.2. The fourth-order valence-corrected chi connectivity index (χ4v) is 1.46. The lowest BCUT2D eigenvalue weighted by Gasteiger charge is -2.26. The molecule has 17 heavy (non-hydrogen) atoms. The number of nitrogens with zero attached hydrogens (tertiary/aromatic N) is 2. The van der Waals surface area contributed by atoms with Gasteiger partial charge in [-0.25, -0.2) is 4.98 Å². The highest BCUT2D eigenvalue weighted by molar-refractivity contribution is 5.92. The number of aromatic nitrogens is 1. The molecule has 1 amide bonds. The highest BCUT2D eigenvalue weighted by Gasteiger charge is 2.19. The number of methoxy groups -OCH3 is 1. The van der Waals surface area contributed by atoms with Gasteiger partial charge in [-0.05, 0) is 26.0 Å². The van der Waals surface area contributed by atoms with Crippen LogP contribution in [0.4, 0.5) is 5.69 Å². The summed E-state index contributed by atoms with van der Waals surface area (Å²) in [7, 11) is 1.62. The standard InChI is InChI=1S/C12H19N3O2/c1-9(2)15(6-7-17-3)12(16)11-5-4-10(13)8-14-11/h4-5,8-9H,6-7,13H2,1-3H3. The van der Waals surface area contributed by atoms with Gasteiger partial charge in [0.25, 0.3) is 5.91 Å². The van der Waals surface area contributed by atoms with Gasteiger partial charge in [0, 0.05) is 19.7 Å². The van der Waals surface area contributed by atoms with Crippen molar-refractivity contribution in [2.45, 2.75) is 19.9 Å². The second-order valence-corrected chi connectivity index (χ2v) is 4.06. The summed E-state index contributed by atoms with van der Waals surface area (Å²) >= 11 is 0. The first-order valence-electron chi connectivity index (χ1n) is 5.57. The number of anilines is 1. The molecule has 5 heteroatoms. The minimum atomic E-state index is -0.1000. The summed E-state index contributed by atoms with van der Waals surface area (Å²) in [6, 6.07) is 3.42. The van der Waals surface area contributed by atoms with Crippen LogP contribution >= 0.6 is 0 Å². The minimum absolute atomic E-state index is 0.1000. The average Bonchev–Trinajstić information content (AvgIpc) is 2.29. The number of amides is 1. The van der Waals surface area contributed by atoms with Gasteiger partial charge >= 0.3 is 0 Å². The molecule has 0 atom stereocenters. The Kier molecular flexibility index (Phi) is 4.90. The quantitative estimate of drug-likeness (QED) is 0.834. The number of rotatable bonds is 5. The van der Waals surface area contributed by atoms with Crippen molar-refractivity contribution >= 4 is 11.6 Å². The number of carbonyl (C=O) groups is 1. The van der Waals surface area contributed by atoms with Crippen molar-refractivity contribution in [3.8, 4) is 0 Å². The van der Waals surface area contributed by atoms with Crippen LogP contribution in [-0.4, -0.2) is 42.1 Å². The van der Waals surface area contributed by atoms with Crippen molar-refractivity contribution in [1.82, 2.24) is 9.88 Å². The summed E-state index contributed by atoms with van der Waals surface area (Å²) in [5.74, 6) is -0.1000. The summed E-state index contributed by atoms with van der Waals surface area (Å²) in [6.45, 7) is 4.99. The Morgan fingerprint density at radius 2 is 2.24 bits per heavy atom. The minimum Gasteiger partial charge on any atom is -0.397 e. The Labute approximate surface area is 102 Å². The molecular formula is C12H19N3O2. The van der Waals surface area contributed by atoms with Gasteiger partial charge in [-0.15, -0.1) is 0 Å². The van der Waals surface area contributed by atoms with E-state index < -0.39 is 0 Å². The monoisotopic (exact) mass is 237 g/mol. The van der Waals surface area contributed by atoms with E-state index in [1.165, 1.54) is 6.20 Å². The van der Waals surface area contributed by atoms with Crippen LogP contribution in [0.2, 0.25) is 0 Å². The van der Waals surface area contributed by atoms with E-state index in [9.17, 15) is 4.79 Å². The molecule has 1 aromatic rings. The van der Waals surface area contributed by atoms with E-state index >= 15 is 0 Å². The Hall–Kier alpha value is -1.62. The van der Waals surface area contributed by atoms with Crippen molar-refractivity contribution in [2.24, 2.45) is 0 Å². The van der Waals surface area contributed by atoms with E-state index in [1.54, 1.807) is 24.1 Å². The number of hydrogen-bond acceptors (Lipinski definition) is 4. The van der Waals surface area contributed by atoms with Gasteiger partial charge in [-0.1, -0.05) is 0 Å². The number of nitrogen functional groups attached to an aromatic ring is 1. The van der Waals surface area contributed by atoms with E-state index in [1.807, 2.05) is 13.8 Å². The van der Waals surface area contributed by atoms with E-state index in [0.29, 0.717) is 24.5 Å². The van der Waals surface area contributed by atoms with Gasteiger partial charge in [-0.2, -0.15) is 0 Å². The summed E-state index contributed by atoms with van der Waals surface area (Å²) in [6.07, 6.45) is 1.49. The first-order valence-corrected chi connectivity index (χ1v) is 5.57. The molecule has 1 heterocycles. The molecule has 94 valence electrons. The summed E-state index contributed by atoms with van der Waals surface area (Å²) in [5.41, 5.74) is 6.49. The predicted octanol–water partition coefficient (Wildman–Crippen LogP) is 1.16. The second-order valence-electron chi connectivity index (χ2n) is 4.06. The van der Waals surface area contributed by atoms with Gasteiger partial charge in [0.15, 0.2) is 0 Å². The molecule has 0 aliphatic heterocycles. The Balaban J connectivity index is 2.80. The number of nitrogens with two attached hydrogens (primary N) is 1. The lowest BCUT2D eigenvalue weighted by atomic mass is 10.2. The zero-order valence-electron chi connectivity index (χ0n) is 10.5. The fourth-order valence-electron chi connectivity index (χ4n) is 1.46. The third-order valence-corrected chi connectivity index (χ3v) is 2.43. The Morgan fingerprint density at radius 3 is 2.71 bits per heavy atom. The Bertz CT molecular complexity index is 363. The molecule has 0 bridgehead atoms. The molecule has 5 nitrogen and oxygen atoms in total. The second kappa shape index (κ2) is 6.20. The van der Waals surface area contributed by atoms with Gasteiger partial charge < -0.3 is 15.4 Å². The summed E-state index contributed by atoms with van der Waals surface area (Å²) < 4.78 is 4.99. The van der Waals surface area contributed by atoms with Crippen LogP contribution in [0.25, 0.3) is 0 Å². The van der Waals surface area contributed by atoms with Crippen molar-refractivity contribution in [1.29, 1.82) is 0 Å². The lowest BCUT2D eigenvalue weighted by molar-refractivity contribution is 0.0629. The molecule has 0 saturated heterocycles. The van der Waals surface area contributed by atoms with E-state index in [0.717, 1.165) is 0 Å². The third kappa shape index (κ3) is 3.71.